The van der Waals surface area contributed by atoms with Crippen molar-refractivity contribution in [3.8, 4) is 0 Å². The Balaban J connectivity index is 1.13. The highest BCUT2D eigenvalue weighted by molar-refractivity contribution is 5.83. The summed E-state index contributed by atoms with van der Waals surface area (Å²) in [6, 6.07) is 0. The van der Waals surface area contributed by atoms with Crippen LogP contribution in [-0.4, -0.2) is 75.9 Å². The van der Waals surface area contributed by atoms with Crippen LogP contribution in [0.15, 0.2) is 0 Å². The lowest BCUT2D eigenvalue weighted by molar-refractivity contribution is -0.145. The van der Waals surface area contributed by atoms with Crippen molar-refractivity contribution < 1.29 is 39.1 Å². The highest BCUT2D eigenvalue weighted by Crippen LogP contribution is 2.35. The lowest BCUT2D eigenvalue weighted by Gasteiger charge is -2.24. The van der Waals surface area contributed by atoms with Crippen molar-refractivity contribution in [1.82, 2.24) is 0 Å². The fourth-order valence-electron chi connectivity index (χ4n) is 7.63. The second-order valence-corrected chi connectivity index (χ2v) is 14.5. The van der Waals surface area contributed by atoms with Crippen molar-refractivity contribution in [2.75, 3.05) is 0 Å². The first-order chi connectivity index (χ1) is 21.8. The molecule has 3 fully saturated rings. The lowest BCUT2D eigenvalue weighted by atomic mass is 9.96. The molecule has 0 aromatic carbocycles. The number of ether oxygens (including phenoxy) is 3. The van der Waals surface area contributed by atoms with Gasteiger partial charge in [-0.25, -0.2) is 0 Å². The summed E-state index contributed by atoms with van der Waals surface area (Å²) in [7, 11) is 0. The third-order valence-corrected chi connectivity index (χ3v) is 10.3. The third kappa shape index (κ3) is 14.7. The summed E-state index contributed by atoms with van der Waals surface area (Å²) < 4.78 is 18.0. The molecule has 8 heteroatoms. The number of aliphatic hydroxyl groups is 3. The zero-order chi connectivity index (χ0) is 32.4. The molecule has 8 nitrogen and oxygen atoms in total. The predicted molar refractivity (Wildman–Crippen MR) is 176 cm³/mol. The Morgan fingerprint density at radius 2 is 1.20 bits per heavy atom. The summed E-state index contributed by atoms with van der Waals surface area (Å²) >= 11 is 0. The quantitative estimate of drug-likeness (QED) is 0.0714. The smallest absolute Gasteiger partial charge is 0.309 e. The Labute approximate surface area is 273 Å². The molecule has 3 N–H and O–H groups in total. The van der Waals surface area contributed by atoms with Crippen LogP contribution in [0.3, 0.4) is 0 Å². The molecule has 3 rings (SSSR count). The maximum Gasteiger partial charge on any atom is 0.309 e. The zero-order valence-electron chi connectivity index (χ0n) is 28.5. The van der Waals surface area contributed by atoms with Gasteiger partial charge in [0.15, 0.2) is 0 Å². The van der Waals surface area contributed by atoms with Crippen LogP contribution in [0.25, 0.3) is 0 Å². The molecule has 0 aliphatic carbocycles. The van der Waals surface area contributed by atoms with Gasteiger partial charge in [0.05, 0.1) is 48.6 Å². The first-order valence-corrected chi connectivity index (χ1v) is 18.8. The van der Waals surface area contributed by atoms with Gasteiger partial charge in [-0.15, -0.1) is 0 Å². The van der Waals surface area contributed by atoms with Crippen LogP contribution in [0.5, 0.6) is 0 Å². The molecule has 0 saturated carbocycles. The SMILES string of the molecule is CCCC(O)CCCCCC[C@H](O)[C@H]1CC[C@H]([C@H]2CC[C@H]([C@H](O)CCCCCCCCCCC3CC(CC(C)=O)C(=O)O3)O2)O1. The Morgan fingerprint density at radius 1 is 0.711 bits per heavy atom. The molecular formula is C37H66O8. The monoisotopic (exact) mass is 638 g/mol. The number of unbranched alkanes of at least 4 members (excludes halogenated alkanes) is 10. The molecule has 3 aliphatic heterocycles. The van der Waals surface area contributed by atoms with E-state index in [0.717, 1.165) is 116 Å². The Morgan fingerprint density at radius 3 is 1.71 bits per heavy atom. The van der Waals surface area contributed by atoms with Crippen molar-refractivity contribution in [2.24, 2.45) is 5.92 Å². The summed E-state index contributed by atoms with van der Waals surface area (Å²) in [6.07, 6.45) is 22.2. The van der Waals surface area contributed by atoms with E-state index in [-0.39, 0.29) is 54.3 Å². The summed E-state index contributed by atoms with van der Waals surface area (Å²) in [5.41, 5.74) is 0. The van der Waals surface area contributed by atoms with E-state index in [1.165, 1.54) is 32.6 Å². The molecule has 0 aromatic rings. The fraction of sp³-hybridized carbons (Fsp3) is 0.946. The second-order valence-electron chi connectivity index (χ2n) is 14.5. The molecule has 0 amide bonds. The number of carbonyl (C=O) groups is 2. The van der Waals surface area contributed by atoms with Crippen molar-refractivity contribution >= 4 is 11.8 Å². The van der Waals surface area contributed by atoms with Crippen LogP contribution < -0.4 is 0 Å². The normalized spacial score (nSPS) is 28.8. The number of ketones is 1. The molecule has 3 saturated heterocycles. The number of hydrogen-bond acceptors (Lipinski definition) is 8. The minimum absolute atomic E-state index is 0.00404. The van der Waals surface area contributed by atoms with E-state index in [1.807, 2.05) is 0 Å². The maximum absolute atomic E-state index is 11.9. The van der Waals surface area contributed by atoms with Crippen LogP contribution in [-0.2, 0) is 23.8 Å². The van der Waals surface area contributed by atoms with E-state index in [1.54, 1.807) is 0 Å². The van der Waals surface area contributed by atoms with Gasteiger partial charge in [-0.3, -0.25) is 4.79 Å². The zero-order valence-corrected chi connectivity index (χ0v) is 28.5. The van der Waals surface area contributed by atoms with Crippen molar-refractivity contribution in [3.05, 3.63) is 0 Å². The van der Waals surface area contributed by atoms with Gasteiger partial charge in [-0.1, -0.05) is 84.0 Å². The van der Waals surface area contributed by atoms with Gasteiger partial charge in [-0.05, 0) is 77.6 Å². The second kappa shape index (κ2) is 21.7. The van der Waals surface area contributed by atoms with Crippen molar-refractivity contribution in [1.29, 1.82) is 0 Å². The van der Waals surface area contributed by atoms with Gasteiger partial charge in [0, 0.05) is 6.42 Å². The van der Waals surface area contributed by atoms with E-state index in [9.17, 15) is 24.9 Å². The maximum atomic E-state index is 11.9. The van der Waals surface area contributed by atoms with Crippen LogP contribution in [0.1, 0.15) is 168 Å². The molecular weight excluding hydrogens is 572 g/mol. The Hall–Kier alpha value is -1.06. The van der Waals surface area contributed by atoms with Gasteiger partial charge in [0.25, 0.3) is 0 Å². The van der Waals surface area contributed by atoms with Gasteiger partial charge in [-0.2, -0.15) is 0 Å². The van der Waals surface area contributed by atoms with E-state index in [0.29, 0.717) is 12.8 Å². The highest BCUT2D eigenvalue weighted by Gasteiger charge is 2.40. The lowest BCUT2D eigenvalue weighted by Crippen LogP contribution is -2.33. The highest BCUT2D eigenvalue weighted by atomic mass is 16.6. The molecule has 262 valence electrons. The fourth-order valence-corrected chi connectivity index (χ4v) is 7.63. The number of rotatable bonds is 25. The Bertz CT molecular complexity index is 820. The molecule has 0 spiro atoms. The average molecular weight is 639 g/mol. The number of hydrogen-bond donors (Lipinski definition) is 3. The number of aliphatic hydroxyl groups excluding tert-OH is 3. The van der Waals surface area contributed by atoms with Crippen molar-refractivity contribution in [3.63, 3.8) is 0 Å². The van der Waals surface area contributed by atoms with E-state index in [4.69, 9.17) is 14.2 Å². The van der Waals surface area contributed by atoms with Crippen LogP contribution in [0.4, 0.5) is 0 Å². The molecule has 0 aromatic heterocycles. The number of carbonyl (C=O) groups excluding carboxylic acids is 2. The molecule has 0 radical (unpaired) electrons. The molecule has 45 heavy (non-hydrogen) atoms. The van der Waals surface area contributed by atoms with Crippen LogP contribution in [0.2, 0.25) is 0 Å². The average Bonchev–Trinajstić information content (AvgIpc) is 3.76. The van der Waals surface area contributed by atoms with E-state index >= 15 is 0 Å². The first kappa shape index (κ1) is 38.4. The minimum Gasteiger partial charge on any atom is -0.462 e. The van der Waals surface area contributed by atoms with Gasteiger partial charge >= 0.3 is 5.97 Å². The third-order valence-electron chi connectivity index (χ3n) is 10.3. The summed E-state index contributed by atoms with van der Waals surface area (Å²) in [5.74, 6) is -0.363. The first-order valence-electron chi connectivity index (χ1n) is 18.8. The topological polar surface area (TPSA) is 123 Å². The van der Waals surface area contributed by atoms with Crippen LogP contribution in [0, 0.1) is 5.92 Å². The molecule has 3 heterocycles. The standard InChI is InChI=1S/C37H66O8/c1-3-16-29(39)17-12-10-11-15-20-32(41)34-22-24-36(45-34)35-23-21-33(44-35)31(40)19-14-9-7-5-4-6-8-13-18-30-26-28(25-27(2)38)37(42)43-30/h28-36,39-41H,3-26H2,1-2H3/t28?,29?,30?,31-,32+,33-,34-,35-,36-/m1/s1. The van der Waals surface area contributed by atoms with E-state index in [2.05, 4.69) is 6.92 Å². The number of esters is 1. The summed E-state index contributed by atoms with van der Waals surface area (Å²) in [5, 5.41) is 31.3. The molecule has 0 bridgehead atoms. The number of Topliss-reactive ketones (excluding diaryl/α,β-unsaturated/α-hetero) is 1. The van der Waals surface area contributed by atoms with Gasteiger partial charge < -0.3 is 34.3 Å². The largest absolute Gasteiger partial charge is 0.462 e. The molecule has 3 aliphatic rings. The van der Waals surface area contributed by atoms with Crippen molar-refractivity contribution in [2.45, 2.75) is 217 Å². The minimum atomic E-state index is -0.422. The van der Waals surface area contributed by atoms with Gasteiger partial charge in [0.1, 0.15) is 11.9 Å². The van der Waals surface area contributed by atoms with E-state index < -0.39 is 12.2 Å². The number of cyclic esters (lactones) is 1. The molecule has 9 atom stereocenters. The summed E-state index contributed by atoms with van der Waals surface area (Å²) in [4.78, 5) is 23.1. The van der Waals surface area contributed by atoms with Gasteiger partial charge in [0.2, 0.25) is 0 Å². The Kier molecular flexibility index (Phi) is 18.5. The van der Waals surface area contributed by atoms with Crippen LogP contribution >= 0.6 is 0 Å². The predicted octanol–water partition coefficient (Wildman–Crippen LogP) is 7.12. The molecule has 3 unspecified atom stereocenters. The summed E-state index contributed by atoms with van der Waals surface area (Å²) in [6.45, 7) is 3.64.